The van der Waals surface area contributed by atoms with Crippen LogP contribution in [0.5, 0.6) is 0 Å². The van der Waals surface area contributed by atoms with E-state index >= 15 is 0 Å². The predicted octanol–water partition coefficient (Wildman–Crippen LogP) is 4.23. The summed E-state index contributed by atoms with van der Waals surface area (Å²) in [5, 5.41) is 0. The van der Waals surface area contributed by atoms with Crippen molar-refractivity contribution in [1.29, 1.82) is 0 Å². The van der Waals surface area contributed by atoms with Gasteiger partial charge in [-0.05, 0) is 49.0 Å². The molecule has 0 spiro atoms. The summed E-state index contributed by atoms with van der Waals surface area (Å²) in [6.45, 7) is 21.0. The summed E-state index contributed by atoms with van der Waals surface area (Å²) in [5.41, 5.74) is 3.04. The van der Waals surface area contributed by atoms with Gasteiger partial charge in [-0.2, -0.15) is 0 Å². The van der Waals surface area contributed by atoms with E-state index < -0.39 is 0 Å². The van der Waals surface area contributed by atoms with Crippen LogP contribution in [0.3, 0.4) is 0 Å². The molecule has 1 aliphatic rings. The van der Waals surface area contributed by atoms with Crippen molar-refractivity contribution in [1.82, 2.24) is 9.80 Å². The molecule has 1 aromatic rings. The van der Waals surface area contributed by atoms with Crippen LogP contribution in [0.1, 0.15) is 53.0 Å². The molecule has 0 bridgehead atoms. The smallest absolute Gasteiger partial charge is 0.0367 e. The molecule has 25 heavy (non-hydrogen) atoms. The summed E-state index contributed by atoms with van der Waals surface area (Å²) in [7, 11) is 0. The Morgan fingerprint density at radius 3 is 1.88 bits per heavy atom. The zero-order valence-electron chi connectivity index (χ0n) is 17.2. The van der Waals surface area contributed by atoms with Gasteiger partial charge in [-0.3, -0.25) is 4.90 Å². The van der Waals surface area contributed by atoms with Gasteiger partial charge in [-0.1, -0.05) is 46.8 Å². The summed E-state index contributed by atoms with van der Waals surface area (Å²) in [6, 6.07) is 9.21. The van der Waals surface area contributed by atoms with Crippen molar-refractivity contribution in [3.8, 4) is 0 Å². The molecule has 0 N–H and O–H groups in total. The van der Waals surface area contributed by atoms with Crippen molar-refractivity contribution in [3.05, 3.63) is 29.8 Å². The molecule has 0 amide bonds. The summed E-state index contributed by atoms with van der Waals surface area (Å²) in [4.78, 5) is 7.80. The first kappa shape index (κ1) is 20.3. The Kier molecular flexibility index (Phi) is 7.77. The van der Waals surface area contributed by atoms with Gasteiger partial charge in [-0.25, -0.2) is 0 Å². The molecule has 3 heteroatoms. The highest BCUT2D eigenvalue weighted by atomic mass is 15.3. The van der Waals surface area contributed by atoms with Gasteiger partial charge in [0.1, 0.15) is 0 Å². The second-order valence-corrected chi connectivity index (χ2v) is 8.47. The molecular weight excluding hydrogens is 306 g/mol. The van der Waals surface area contributed by atoms with E-state index in [-0.39, 0.29) is 5.41 Å². The van der Waals surface area contributed by atoms with Crippen LogP contribution < -0.4 is 4.90 Å². The zero-order valence-corrected chi connectivity index (χ0v) is 17.2. The topological polar surface area (TPSA) is 9.72 Å². The van der Waals surface area contributed by atoms with E-state index in [1.54, 1.807) is 0 Å². The molecule has 1 fully saturated rings. The minimum absolute atomic E-state index is 0.236. The van der Waals surface area contributed by atoms with Gasteiger partial charge in [0.25, 0.3) is 0 Å². The molecule has 3 nitrogen and oxygen atoms in total. The molecule has 0 saturated carbocycles. The molecule has 1 aromatic carbocycles. The quantitative estimate of drug-likeness (QED) is 0.698. The SMILES string of the molecule is CCCN(CCC)CCN1CCN(c2ccc(C(C)(C)C)cc2)CC1. The molecule has 1 saturated heterocycles. The van der Waals surface area contributed by atoms with Gasteiger partial charge in [-0.15, -0.1) is 0 Å². The lowest BCUT2D eigenvalue weighted by Crippen LogP contribution is -2.48. The van der Waals surface area contributed by atoms with E-state index in [0.717, 1.165) is 13.1 Å². The maximum atomic E-state index is 2.64. The van der Waals surface area contributed by atoms with E-state index in [9.17, 15) is 0 Å². The lowest BCUT2D eigenvalue weighted by atomic mass is 9.87. The van der Waals surface area contributed by atoms with Crippen LogP contribution in [0.4, 0.5) is 5.69 Å². The van der Waals surface area contributed by atoms with Gasteiger partial charge in [0.2, 0.25) is 0 Å². The lowest BCUT2D eigenvalue weighted by Gasteiger charge is -2.37. The van der Waals surface area contributed by atoms with Crippen LogP contribution in [0.2, 0.25) is 0 Å². The average Bonchev–Trinajstić information content (AvgIpc) is 2.60. The fourth-order valence-electron chi connectivity index (χ4n) is 3.65. The molecule has 2 rings (SSSR count). The normalized spacial score (nSPS) is 16.6. The second kappa shape index (κ2) is 9.59. The Morgan fingerprint density at radius 2 is 1.40 bits per heavy atom. The van der Waals surface area contributed by atoms with E-state index in [0.29, 0.717) is 0 Å². The molecular formula is C22H39N3. The van der Waals surface area contributed by atoms with Gasteiger partial charge in [0, 0.05) is 45.0 Å². The number of benzene rings is 1. The first-order valence-corrected chi connectivity index (χ1v) is 10.2. The third kappa shape index (κ3) is 6.31. The Morgan fingerprint density at radius 1 is 0.840 bits per heavy atom. The fourth-order valence-corrected chi connectivity index (χ4v) is 3.65. The summed E-state index contributed by atoms with van der Waals surface area (Å²) >= 11 is 0. The largest absolute Gasteiger partial charge is 0.369 e. The molecule has 0 atom stereocenters. The van der Waals surface area contributed by atoms with Crippen molar-refractivity contribution in [3.63, 3.8) is 0 Å². The first-order chi connectivity index (χ1) is 11.9. The average molecular weight is 346 g/mol. The number of nitrogens with zero attached hydrogens (tertiary/aromatic N) is 3. The molecule has 0 unspecified atom stereocenters. The van der Waals surface area contributed by atoms with Gasteiger partial charge < -0.3 is 9.80 Å². The van der Waals surface area contributed by atoms with Gasteiger partial charge in [0.05, 0.1) is 0 Å². The monoisotopic (exact) mass is 345 g/mol. The maximum absolute atomic E-state index is 2.64. The predicted molar refractivity (Wildman–Crippen MR) is 111 cm³/mol. The minimum atomic E-state index is 0.236. The van der Waals surface area contributed by atoms with Crippen LogP contribution in [-0.2, 0) is 5.41 Å². The number of hydrogen-bond acceptors (Lipinski definition) is 3. The van der Waals surface area contributed by atoms with Crippen LogP contribution in [0.25, 0.3) is 0 Å². The van der Waals surface area contributed by atoms with Crippen LogP contribution in [-0.4, -0.2) is 62.2 Å². The highest BCUT2D eigenvalue weighted by molar-refractivity contribution is 5.49. The number of anilines is 1. The fraction of sp³-hybridized carbons (Fsp3) is 0.727. The second-order valence-electron chi connectivity index (χ2n) is 8.47. The Balaban J connectivity index is 1.79. The molecule has 0 aliphatic carbocycles. The van der Waals surface area contributed by atoms with Crippen molar-refractivity contribution >= 4 is 5.69 Å². The Hall–Kier alpha value is -1.06. The Labute approximate surface area is 156 Å². The van der Waals surface area contributed by atoms with E-state index in [1.807, 2.05) is 0 Å². The van der Waals surface area contributed by atoms with E-state index in [2.05, 4.69) is 73.6 Å². The van der Waals surface area contributed by atoms with Crippen molar-refractivity contribution in [2.75, 3.05) is 57.3 Å². The van der Waals surface area contributed by atoms with Crippen molar-refractivity contribution in [2.45, 2.75) is 52.9 Å². The number of rotatable bonds is 8. The summed E-state index contributed by atoms with van der Waals surface area (Å²) in [5.74, 6) is 0. The standard InChI is InChI=1S/C22H39N3/c1-6-12-23(13-7-2)14-15-24-16-18-25(19-17-24)21-10-8-20(9-11-21)22(3,4)5/h8-11H,6-7,12-19H2,1-5H3. The van der Waals surface area contributed by atoms with Crippen LogP contribution in [0, 0.1) is 0 Å². The minimum Gasteiger partial charge on any atom is -0.369 e. The highest BCUT2D eigenvalue weighted by Crippen LogP contribution is 2.25. The molecule has 0 radical (unpaired) electrons. The summed E-state index contributed by atoms with van der Waals surface area (Å²) in [6.07, 6.45) is 2.52. The number of piperazine rings is 1. The maximum Gasteiger partial charge on any atom is 0.0367 e. The Bertz CT molecular complexity index is 475. The molecule has 142 valence electrons. The summed E-state index contributed by atoms with van der Waals surface area (Å²) < 4.78 is 0. The third-order valence-electron chi connectivity index (χ3n) is 5.28. The molecule has 1 heterocycles. The highest BCUT2D eigenvalue weighted by Gasteiger charge is 2.19. The van der Waals surface area contributed by atoms with Gasteiger partial charge >= 0.3 is 0 Å². The van der Waals surface area contributed by atoms with Crippen LogP contribution in [0.15, 0.2) is 24.3 Å². The van der Waals surface area contributed by atoms with Crippen molar-refractivity contribution < 1.29 is 0 Å². The zero-order chi connectivity index (χ0) is 18.3. The van der Waals surface area contributed by atoms with Crippen LogP contribution >= 0.6 is 0 Å². The number of hydrogen-bond donors (Lipinski definition) is 0. The van der Waals surface area contributed by atoms with E-state index in [4.69, 9.17) is 0 Å². The van der Waals surface area contributed by atoms with Crippen molar-refractivity contribution in [2.24, 2.45) is 0 Å². The van der Waals surface area contributed by atoms with Gasteiger partial charge in [0.15, 0.2) is 0 Å². The third-order valence-corrected chi connectivity index (χ3v) is 5.28. The lowest BCUT2D eigenvalue weighted by molar-refractivity contribution is 0.196. The molecule has 0 aromatic heterocycles. The molecule has 1 aliphatic heterocycles. The first-order valence-electron chi connectivity index (χ1n) is 10.2. The van der Waals surface area contributed by atoms with E-state index in [1.165, 1.54) is 63.4 Å².